The molecule has 0 spiro atoms. The van der Waals surface area contributed by atoms with Crippen molar-refractivity contribution in [1.82, 2.24) is 10.6 Å². The summed E-state index contributed by atoms with van der Waals surface area (Å²) in [6, 6.07) is 6.68. The molecule has 1 aliphatic heterocycles. The zero-order valence-corrected chi connectivity index (χ0v) is 16.7. The number of nitrogens with one attached hydrogen (secondary N) is 2. The number of guanidine groups is 1. The quantitative estimate of drug-likeness (QED) is 0.425. The van der Waals surface area contributed by atoms with Crippen LogP contribution in [0.2, 0.25) is 0 Å². The number of benzene rings is 1. The predicted octanol–water partition coefficient (Wildman–Crippen LogP) is 3.46. The van der Waals surface area contributed by atoms with Crippen molar-refractivity contribution in [2.75, 3.05) is 20.3 Å². The van der Waals surface area contributed by atoms with E-state index in [-0.39, 0.29) is 24.0 Å². The zero-order valence-electron chi connectivity index (χ0n) is 14.3. The first-order chi connectivity index (χ1) is 11.3. The first kappa shape index (κ1) is 19.1. The van der Waals surface area contributed by atoms with Crippen molar-refractivity contribution in [1.29, 1.82) is 0 Å². The van der Waals surface area contributed by atoms with Crippen LogP contribution >= 0.6 is 24.0 Å². The molecule has 0 atom stereocenters. The van der Waals surface area contributed by atoms with Crippen LogP contribution in [0.5, 0.6) is 11.5 Å². The maximum Gasteiger partial charge on any atom is 0.191 e. The minimum Gasteiger partial charge on any atom is -0.490 e. The smallest absolute Gasteiger partial charge is 0.191 e. The van der Waals surface area contributed by atoms with Gasteiger partial charge >= 0.3 is 0 Å². The Balaban J connectivity index is 0.00000208. The van der Waals surface area contributed by atoms with E-state index < -0.39 is 0 Å². The van der Waals surface area contributed by atoms with Crippen LogP contribution in [0.1, 0.15) is 44.1 Å². The van der Waals surface area contributed by atoms with Gasteiger partial charge in [-0.2, -0.15) is 0 Å². The van der Waals surface area contributed by atoms with Crippen LogP contribution in [0.25, 0.3) is 0 Å². The van der Waals surface area contributed by atoms with E-state index in [1.165, 1.54) is 37.7 Å². The number of ether oxygens (including phenoxy) is 2. The lowest BCUT2D eigenvalue weighted by Crippen LogP contribution is -2.43. The van der Waals surface area contributed by atoms with Gasteiger partial charge in [-0.3, -0.25) is 4.99 Å². The van der Waals surface area contributed by atoms with Gasteiger partial charge in [-0.15, -0.1) is 24.0 Å². The second kappa shape index (κ2) is 9.96. The van der Waals surface area contributed by atoms with E-state index in [9.17, 15) is 0 Å². The van der Waals surface area contributed by atoms with E-state index in [0.717, 1.165) is 43.6 Å². The van der Waals surface area contributed by atoms with Crippen LogP contribution < -0.4 is 20.1 Å². The molecule has 5 nitrogen and oxygen atoms in total. The van der Waals surface area contributed by atoms with E-state index in [1.807, 2.05) is 13.1 Å². The van der Waals surface area contributed by atoms with Crippen LogP contribution in [0.3, 0.4) is 0 Å². The number of halogens is 1. The van der Waals surface area contributed by atoms with Gasteiger partial charge in [0.25, 0.3) is 0 Å². The molecule has 0 amide bonds. The number of nitrogens with zero attached hydrogens (tertiary/aromatic N) is 1. The average Bonchev–Trinajstić information content (AvgIpc) is 2.84. The molecular weight excluding hydrogens is 417 g/mol. The molecule has 1 heterocycles. The first-order valence-corrected chi connectivity index (χ1v) is 8.71. The molecular formula is C18H28IN3O2. The molecule has 1 fully saturated rings. The first-order valence-electron chi connectivity index (χ1n) is 8.71. The molecule has 0 aromatic heterocycles. The molecule has 0 radical (unpaired) electrons. The molecule has 6 heteroatoms. The van der Waals surface area contributed by atoms with Crippen molar-refractivity contribution >= 4 is 29.9 Å². The maximum absolute atomic E-state index is 5.75. The zero-order chi connectivity index (χ0) is 15.9. The summed E-state index contributed by atoms with van der Waals surface area (Å²) in [6.07, 6.45) is 7.41. The lowest BCUT2D eigenvalue weighted by atomic mass is 9.96. The third-order valence-electron chi connectivity index (χ3n) is 4.44. The Morgan fingerprint density at radius 3 is 2.58 bits per heavy atom. The number of rotatable bonds is 3. The summed E-state index contributed by atoms with van der Waals surface area (Å²) >= 11 is 0. The van der Waals surface area contributed by atoms with Crippen molar-refractivity contribution < 1.29 is 9.47 Å². The predicted molar refractivity (Wildman–Crippen MR) is 108 cm³/mol. The van der Waals surface area contributed by atoms with Gasteiger partial charge < -0.3 is 20.1 Å². The Kier molecular flexibility index (Phi) is 7.94. The topological polar surface area (TPSA) is 54.9 Å². The lowest BCUT2D eigenvalue weighted by Gasteiger charge is -2.25. The van der Waals surface area contributed by atoms with Crippen LogP contribution in [0.15, 0.2) is 23.2 Å². The molecule has 24 heavy (non-hydrogen) atoms. The number of hydrogen-bond donors (Lipinski definition) is 2. The highest BCUT2D eigenvalue weighted by Crippen LogP contribution is 2.30. The molecule has 3 rings (SSSR count). The molecule has 2 N–H and O–H groups in total. The highest BCUT2D eigenvalue weighted by molar-refractivity contribution is 14.0. The number of aliphatic imine (C=N–C) groups is 1. The number of hydrogen-bond acceptors (Lipinski definition) is 3. The van der Waals surface area contributed by atoms with Gasteiger partial charge in [0.15, 0.2) is 17.5 Å². The monoisotopic (exact) mass is 445 g/mol. The minimum atomic E-state index is 0. The Hall–Kier alpha value is -1.18. The fourth-order valence-corrected chi connectivity index (χ4v) is 3.14. The summed E-state index contributed by atoms with van der Waals surface area (Å²) in [4.78, 5) is 4.34. The Labute approximate surface area is 161 Å². The van der Waals surface area contributed by atoms with Gasteiger partial charge in [-0.1, -0.05) is 25.3 Å². The van der Waals surface area contributed by atoms with E-state index in [4.69, 9.17) is 9.47 Å². The van der Waals surface area contributed by atoms with Crippen molar-refractivity contribution in [3.8, 4) is 11.5 Å². The van der Waals surface area contributed by atoms with E-state index in [2.05, 4.69) is 27.8 Å². The third-order valence-corrected chi connectivity index (χ3v) is 4.44. The minimum absolute atomic E-state index is 0. The van der Waals surface area contributed by atoms with Gasteiger partial charge in [0.1, 0.15) is 0 Å². The summed E-state index contributed by atoms with van der Waals surface area (Å²) in [5.41, 5.74) is 1.17. The van der Waals surface area contributed by atoms with Crippen molar-refractivity contribution in [2.45, 2.75) is 51.1 Å². The molecule has 1 aromatic carbocycles. The summed E-state index contributed by atoms with van der Waals surface area (Å²) in [5, 5.41) is 6.93. The molecule has 0 unspecified atom stereocenters. The van der Waals surface area contributed by atoms with Crippen molar-refractivity contribution in [2.24, 2.45) is 4.99 Å². The highest BCUT2D eigenvalue weighted by atomic mass is 127. The maximum atomic E-state index is 5.75. The van der Waals surface area contributed by atoms with Crippen LogP contribution in [0.4, 0.5) is 0 Å². The Morgan fingerprint density at radius 1 is 1.08 bits per heavy atom. The van der Waals surface area contributed by atoms with E-state index in [0.29, 0.717) is 6.04 Å². The molecule has 0 bridgehead atoms. The standard InChI is InChI=1S/C18H27N3O2.HI/c1-19-18(21-15-6-3-2-4-7-15)20-13-14-8-9-16-17(12-14)23-11-5-10-22-16;/h8-9,12,15H,2-7,10-11,13H2,1H3,(H2,19,20,21);1H. The van der Waals surface area contributed by atoms with Gasteiger partial charge in [0.05, 0.1) is 13.2 Å². The van der Waals surface area contributed by atoms with Crippen molar-refractivity contribution in [3.63, 3.8) is 0 Å². The largest absolute Gasteiger partial charge is 0.490 e. The molecule has 0 saturated heterocycles. The summed E-state index contributed by atoms with van der Waals surface area (Å²) in [6.45, 7) is 2.17. The fourth-order valence-electron chi connectivity index (χ4n) is 3.14. The second-order valence-corrected chi connectivity index (χ2v) is 6.24. The lowest BCUT2D eigenvalue weighted by molar-refractivity contribution is 0.297. The van der Waals surface area contributed by atoms with E-state index in [1.54, 1.807) is 0 Å². The normalized spacial score (nSPS) is 18.3. The average molecular weight is 445 g/mol. The second-order valence-electron chi connectivity index (χ2n) is 6.24. The highest BCUT2D eigenvalue weighted by Gasteiger charge is 2.15. The molecule has 2 aliphatic rings. The molecule has 1 saturated carbocycles. The SMILES string of the molecule is CN=C(NCc1ccc2c(c1)OCCCO2)NC1CCCCC1.I. The third kappa shape index (κ3) is 5.43. The number of fused-ring (bicyclic) bond motifs is 1. The van der Waals surface area contributed by atoms with Gasteiger partial charge in [0.2, 0.25) is 0 Å². The Morgan fingerprint density at radius 2 is 1.83 bits per heavy atom. The van der Waals surface area contributed by atoms with Crippen LogP contribution in [0, 0.1) is 0 Å². The fraction of sp³-hybridized carbons (Fsp3) is 0.611. The van der Waals surface area contributed by atoms with Gasteiger partial charge in [-0.25, -0.2) is 0 Å². The summed E-state index contributed by atoms with van der Waals surface area (Å²) in [7, 11) is 1.83. The van der Waals surface area contributed by atoms with E-state index >= 15 is 0 Å². The van der Waals surface area contributed by atoms with Gasteiger partial charge in [-0.05, 0) is 30.5 Å². The summed E-state index contributed by atoms with van der Waals surface area (Å²) < 4.78 is 11.4. The van der Waals surface area contributed by atoms with Gasteiger partial charge in [0, 0.05) is 26.1 Å². The summed E-state index contributed by atoms with van der Waals surface area (Å²) in [5.74, 6) is 2.57. The molecule has 1 aliphatic carbocycles. The molecule has 134 valence electrons. The van der Waals surface area contributed by atoms with Crippen LogP contribution in [-0.4, -0.2) is 32.3 Å². The molecule has 1 aromatic rings. The Bertz CT molecular complexity index is 545. The van der Waals surface area contributed by atoms with Crippen molar-refractivity contribution in [3.05, 3.63) is 23.8 Å². The van der Waals surface area contributed by atoms with Crippen LogP contribution in [-0.2, 0) is 6.54 Å².